The highest BCUT2D eigenvalue weighted by Gasteiger charge is 2.08. The van der Waals surface area contributed by atoms with Crippen molar-refractivity contribution < 1.29 is 9.15 Å². The number of ether oxygens (including phenoxy) is 1. The van der Waals surface area contributed by atoms with Crippen LogP contribution in [0.5, 0.6) is 0 Å². The largest absolute Gasteiger partial charge is 0.464 e. The highest BCUT2D eigenvalue weighted by molar-refractivity contribution is 5.20. The molecule has 1 aromatic rings. The fourth-order valence-electron chi connectivity index (χ4n) is 2.24. The van der Waals surface area contributed by atoms with Crippen molar-refractivity contribution in [2.24, 2.45) is 5.92 Å². The molecule has 0 aromatic carbocycles. The molecule has 0 radical (unpaired) electrons. The average molecular weight is 296 g/mol. The van der Waals surface area contributed by atoms with E-state index in [4.69, 9.17) is 9.15 Å². The number of furan rings is 1. The van der Waals surface area contributed by atoms with Gasteiger partial charge >= 0.3 is 0 Å². The van der Waals surface area contributed by atoms with Gasteiger partial charge in [0.2, 0.25) is 0 Å². The van der Waals surface area contributed by atoms with Crippen molar-refractivity contribution >= 4 is 0 Å². The van der Waals surface area contributed by atoms with E-state index in [0.717, 1.165) is 50.9 Å². The Morgan fingerprint density at radius 2 is 2.00 bits per heavy atom. The SMILES string of the molecule is CCN(CC)CCOCc1cc(CNCC(C)C)c(C)o1. The van der Waals surface area contributed by atoms with Gasteiger partial charge in [0.15, 0.2) is 0 Å². The number of hydrogen-bond donors (Lipinski definition) is 1. The second-order valence-electron chi connectivity index (χ2n) is 5.90. The normalized spacial score (nSPS) is 11.8. The van der Waals surface area contributed by atoms with Crippen LogP contribution in [0.25, 0.3) is 0 Å². The Bertz CT molecular complexity index is 384. The van der Waals surface area contributed by atoms with Crippen molar-refractivity contribution in [1.82, 2.24) is 10.2 Å². The molecule has 0 amide bonds. The number of likely N-dealkylation sites (N-methyl/N-ethyl adjacent to an activating group) is 1. The summed E-state index contributed by atoms with van der Waals surface area (Å²) in [5.74, 6) is 2.59. The molecule has 1 rings (SSSR count). The maximum Gasteiger partial charge on any atom is 0.130 e. The van der Waals surface area contributed by atoms with E-state index in [1.54, 1.807) is 0 Å². The highest BCUT2D eigenvalue weighted by atomic mass is 16.5. The quantitative estimate of drug-likeness (QED) is 0.636. The van der Waals surface area contributed by atoms with Crippen LogP contribution in [0.2, 0.25) is 0 Å². The summed E-state index contributed by atoms with van der Waals surface area (Å²) in [5.41, 5.74) is 1.23. The standard InChI is InChI=1S/C17H32N2O2/c1-6-19(7-2)8-9-20-13-17-10-16(15(5)21-17)12-18-11-14(3)4/h10,14,18H,6-9,11-13H2,1-5H3. The first-order valence-corrected chi connectivity index (χ1v) is 8.15. The van der Waals surface area contributed by atoms with Crippen molar-refractivity contribution in [2.75, 3.05) is 32.8 Å². The molecule has 4 heteroatoms. The number of nitrogens with one attached hydrogen (secondary N) is 1. The van der Waals surface area contributed by atoms with E-state index in [9.17, 15) is 0 Å². The van der Waals surface area contributed by atoms with E-state index in [1.807, 2.05) is 6.92 Å². The van der Waals surface area contributed by atoms with Crippen LogP contribution in [-0.4, -0.2) is 37.7 Å². The summed E-state index contributed by atoms with van der Waals surface area (Å²) in [6.07, 6.45) is 0. The molecule has 1 aromatic heterocycles. The van der Waals surface area contributed by atoms with E-state index in [-0.39, 0.29) is 0 Å². The smallest absolute Gasteiger partial charge is 0.130 e. The lowest BCUT2D eigenvalue weighted by Crippen LogP contribution is -2.26. The fraction of sp³-hybridized carbons (Fsp3) is 0.765. The Kier molecular flexibility index (Phi) is 8.66. The van der Waals surface area contributed by atoms with Crippen molar-refractivity contribution in [3.05, 3.63) is 23.2 Å². The first kappa shape index (κ1) is 18.2. The zero-order valence-electron chi connectivity index (χ0n) is 14.4. The summed E-state index contributed by atoms with van der Waals surface area (Å²) >= 11 is 0. The Morgan fingerprint density at radius 1 is 1.29 bits per heavy atom. The van der Waals surface area contributed by atoms with Gasteiger partial charge in [-0.25, -0.2) is 0 Å². The molecular formula is C17H32N2O2. The summed E-state index contributed by atoms with van der Waals surface area (Å²) in [6.45, 7) is 17.1. The molecule has 0 fully saturated rings. The summed E-state index contributed by atoms with van der Waals surface area (Å²) in [7, 11) is 0. The Labute approximate surface area is 129 Å². The number of nitrogens with zero attached hydrogens (tertiary/aromatic N) is 1. The number of aryl methyl sites for hydroxylation is 1. The Morgan fingerprint density at radius 3 is 2.62 bits per heavy atom. The molecule has 0 saturated carbocycles. The maximum atomic E-state index is 5.75. The molecule has 0 aliphatic heterocycles. The lowest BCUT2D eigenvalue weighted by molar-refractivity contribution is 0.0839. The van der Waals surface area contributed by atoms with Crippen molar-refractivity contribution in [3.63, 3.8) is 0 Å². The van der Waals surface area contributed by atoms with Gasteiger partial charge in [0.1, 0.15) is 18.1 Å². The van der Waals surface area contributed by atoms with Crippen molar-refractivity contribution in [3.8, 4) is 0 Å². The summed E-state index contributed by atoms with van der Waals surface area (Å²) in [6, 6.07) is 2.11. The van der Waals surface area contributed by atoms with Gasteiger partial charge in [-0.1, -0.05) is 27.7 Å². The first-order chi connectivity index (χ1) is 10.1. The van der Waals surface area contributed by atoms with E-state index < -0.39 is 0 Å². The molecule has 0 atom stereocenters. The van der Waals surface area contributed by atoms with Crippen LogP contribution in [-0.2, 0) is 17.9 Å². The fourth-order valence-corrected chi connectivity index (χ4v) is 2.24. The monoisotopic (exact) mass is 296 g/mol. The van der Waals surface area contributed by atoms with Gasteiger partial charge in [0.25, 0.3) is 0 Å². The Balaban J connectivity index is 2.29. The lowest BCUT2D eigenvalue weighted by Gasteiger charge is -2.17. The summed E-state index contributed by atoms with van der Waals surface area (Å²) in [5, 5.41) is 3.45. The van der Waals surface area contributed by atoms with Gasteiger partial charge in [-0.3, -0.25) is 0 Å². The van der Waals surface area contributed by atoms with Crippen LogP contribution < -0.4 is 5.32 Å². The van der Waals surface area contributed by atoms with Crippen LogP contribution in [0, 0.1) is 12.8 Å². The molecule has 1 heterocycles. The van der Waals surface area contributed by atoms with E-state index in [0.29, 0.717) is 12.5 Å². The lowest BCUT2D eigenvalue weighted by atomic mass is 10.2. The van der Waals surface area contributed by atoms with Crippen LogP contribution >= 0.6 is 0 Å². The van der Waals surface area contributed by atoms with Crippen LogP contribution in [0.1, 0.15) is 44.8 Å². The molecule has 0 unspecified atom stereocenters. The maximum absolute atomic E-state index is 5.75. The molecule has 0 aliphatic rings. The number of rotatable bonds is 11. The minimum absolute atomic E-state index is 0.562. The van der Waals surface area contributed by atoms with Gasteiger partial charge < -0.3 is 19.4 Å². The van der Waals surface area contributed by atoms with Crippen LogP contribution in [0.15, 0.2) is 10.5 Å². The predicted molar refractivity (Wildman–Crippen MR) is 87.4 cm³/mol. The van der Waals surface area contributed by atoms with Gasteiger partial charge in [0, 0.05) is 18.7 Å². The Hall–Kier alpha value is -0.840. The molecule has 21 heavy (non-hydrogen) atoms. The zero-order chi connectivity index (χ0) is 15.7. The molecular weight excluding hydrogens is 264 g/mol. The van der Waals surface area contributed by atoms with Gasteiger partial charge in [0.05, 0.1) is 6.61 Å². The molecule has 0 saturated heterocycles. The third-order valence-corrected chi connectivity index (χ3v) is 3.63. The third kappa shape index (κ3) is 7.11. The van der Waals surface area contributed by atoms with Gasteiger partial charge in [-0.15, -0.1) is 0 Å². The summed E-state index contributed by atoms with van der Waals surface area (Å²) < 4.78 is 11.5. The van der Waals surface area contributed by atoms with Crippen LogP contribution in [0.3, 0.4) is 0 Å². The molecule has 0 spiro atoms. The molecule has 4 nitrogen and oxygen atoms in total. The minimum atomic E-state index is 0.562. The minimum Gasteiger partial charge on any atom is -0.464 e. The second kappa shape index (κ2) is 9.98. The second-order valence-corrected chi connectivity index (χ2v) is 5.90. The van der Waals surface area contributed by atoms with Gasteiger partial charge in [-0.2, -0.15) is 0 Å². The van der Waals surface area contributed by atoms with Crippen molar-refractivity contribution in [1.29, 1.82) is 0 Å². The predicted octanol–water partition coefficient (Wildman–Crippen LogP) is 3.19. The molecule has 0 aliphatic carbocycles. The van der Waals surface area contributed by atoms with E-state index >= 15 is 0 Å². The first-order valence-electron chi connectivity index (χ1n) is 8.15. The average Bonchev–Trinajstić information content (AvgIpc) is 2.79. The zero-order valence-corrected chi connectivity index (χ0v) is 14.4. The summed E-state index contributed by atoms with van der Waals surface area (Å²) in [4.78, 5) is 2.36. The van der Waals surface area contributed by atoms with Gasteiger partial charge in [-0.05, 0) is 38.5 Å². The number of hydrogen-bond acceptors (Lipinski definition) is 4. The van der Waals surface area contributed by atoms with E-state index in [1.165, 1.54) is 5.56 Å². The van der Waals surface area contributed by atoms with Crippen LogP contribution in [0.4, 0.5) is 0 Å². The molecule has 1 N–H and O–H groups in total. The van der Waals surface area contributed by atoms with E-state index in [2.05, 4.69) is 44.0 Å². The van der Waals surface area contributed by atoms with Crippen molar-refractivity contribution in [2.45, 2.75) is 47.8 Å². The third-order valence-electron chi connectivity index (χ3n) is 3.63. The topological polar surface area (TPSA) is 37.6 Å². The highest BCUT2D eigenvalue weighted by Crippen LogP contribution is 2.15. The molecule has 122 valence electrons. The molecule has 0 bridgehead atoms.